The Morgan fingerprint density at radius 1 is 1.00 bits per heavy atom. The summed E-state index contributed by atoms with van der Waals surface area (Å²) >= 11 is 0. The van der Waals surface area contributed by atoms with Gasteiger partial charge < -0.3 is 4.74 Å². The SMILES string of the molecule is COC(=O)c1ccc2c(c1)c1c3c(cc4c1n2C(=O)CC4)CCN(Cc1ccccc1)C3. The lowest BCUT2D eigenvalue weighted by molar-refractivity contribution is 0.0600. The lowest BCUT2D eigenvalue weighted by Crippen LogP contribution is -2.30. The number of methoxy groups -OCH3 is 1. The van der Waals surface area contributed by atoms with Crippen molar-refractivity contribution >= 4 is 33.7 Å². The molecule has 0 saturated heterocycles. The van der Waals surface area contributed by atoms with E-state index in [1.54, 1.807) is 6.07 Å². The van der Waals surface area contributed by atoms with E-state index in [0.717, 1.165) is 54.3 Å². The maximum Gasteiger partial charge on any atom is 0.337 e. The van der Waals surface area contributed by atoms with Crippen LogP contribution >= 0.6 is 0 Å². The third-order valence-electron chi connectivity index (χ3n) is 6.92. The van der Waals surface area contributed by atoms with Crippen LogP contribution in [0.15, 0.2) is 54.6 Å². The summed E-state index contributed by atoms with van der Waals surface area (Å²) in [5.41, 5.74) is 7.62. The molecule has 4 aromatic rings. The fourth-order valence-electron chi connectivity index (χ4n) is 5.44. The predicted octanol–water partition coefficient (Wildman–Crippen LogP) is 4.73. The van der Waals surface area contributed by atoms with Crippen molar-refractivity contribution in [3.63, 3.8) is 0 Å². The standard InChI is InChI=1S/C27H24N2O3/c1-32-27(31)20-7-9-23-21(14-20)25-22-16-28(15-17-5-3-2-4-6-17)12-11-18(22)13-19-8-10-24(30)29(23)26(19)25/h2-7,9,13-14H,8,10-12,15-16H2,1H3. The molecule has 6 rings (SSSR count). The van der Waals surface area contributed by atoms with Gasteiger partial charge in [-0.25, -0.2) is 4.79 Å². The van der Waals surface area contributed by atoms with Crippen molar-refractivity contribution < 1.29 is 14.3 Å². The molecule has 0 amide bonds. The van der Waals surface area contributed by atoms with E-state index in [1.807, 2.05) is 22.8 Å². The minimum atomic E-state index is -0.357. The summed E-state index contributed by atoms with van der Waals surface area (Å²) in [5.74, 6) is -0.232. The highest BCUT2D eigenvalue weighted by atomic mass is 16.5. The van der Waals surface area contributed by atoms with Gasteiger partial charge in [0.2, 0.25) is 5.91 Å². The molecule has 3 heterocycles. The number of hydrogen-bond donors (Lipinski definition) is 0. The van der Waals surface area contributed by atoms with Crippen LogP contribution < -0.4 is 0 Å². The second-order valence-corrected chi connectivity index (χ2v) is 8.80. The first-order valence-electron chi connectivity index (χ1n) is 11.1. The second kappa shape index (κ2) is 7.31. The Balaban J connectivity index is 1.57. The molecule has 5 heteroatoms. The topological polar surface area (TPSA) is 51.5 Å². The number of esters is 1. The average molecular weight is 425 g/mol. The molecule has 0 bridgehead atoms. The number of carbonyl (C=O) groups excluding carboxylic acids is 2. The summed E-state index contributed by atoms with van der Waals surface area (Å²) in [4.78, 5) is 27.7. The van der Waals surface area contributed by atoms with Crippen LogP contribution in [0.3, 0.4) is 0 Å². The molecule has 32 heavy (non-hydrogen) atoms. The Morgan fingerprint density at radius 3 is 2.66 bits per heavy atom. The Labute approximate surface area is 186 Å². The highest BCUT2D eigenvalue weighted by Crippen LogP contribution is 2.40. The van der Waals surface area contributed by atoms with Crippen LogP contribution in [0.2, 0.25) is 0 Å². The number of aromatic nitrogens is 1. The van der Waals surface area contributed by atoms with Gasteiger partial charge in [0.25, 0.3) is 0 Å². The number of aryl methyl sites for hydroxylation is 1. The number of ether oxygens (including phenoxy) is 1. The van der Waals surface area contributed by atoms with E-state index in [4.69, 9.17) is 4.74 Å². The molecule has 2 aliphatic heterocycles. The number of nitrogens with zero attached hydrogens (tertiary/aromatic N) is 2. The van der Waals surface area contributed by atoms with Gasteiger partial charge in [-0.15, -0.1) is 0 Å². The first-order chi connectivity index (χ1) is 15.6. The average Bonchev–Trinajstić information content (AvgIpc) is 3.18. The van der Waals surface area contributed by atoms with Crippen molar-refractivity contribution in [1.82, 2.24) is 9.47 Å². The first kappa shape index (κ1) is 19.3. The van der Waals surface area contributed by atoms with Crippen molar-refractivity contribution in [2.75, 3.05) is 13.7 Å². The van der Waals surface area contributed by atoms with Crippen LogP contribution in [0.1, 0.15) is 43.8 Å². The largest absolute Gasteiger partial charge is 0.465 e. The minimum absolute atomic E-state index is 0.125. The van der Waals surface area contributed by atoms with Gasteiger partial charge in [-0.3, -0.25) is 14.3 Å². The lowest BCUT2D eigenvalue weighted by atomic mass is 9.90. The van der Waals surface area contributed by atoms with Crippen LogP contribution in [0.25, 0.3) is 21.8 Å². The van der Waals surface area contributed by atoms with Gasteiger partial charge in [0.1, 0.15) is 0 Å². The Bertz CT molecular complexity index is 1400. The maximum atomic E-state index is 13.0. The van der Waals surface area contributed by atoms with E-state index in [-0.39, 0.29) is 11.9 Å². The summed E-state index contributed by atoms with van der Waals surface area (Å²) < 4.78 is 6.84. The van der Waals surface area contributed by atoms with Crippen molar-refractivity contribution in [3.05, 3.63) is 82.4 Å². The number of benzene rings is 3. The molecule has 5 nitrogen and oxygen atoms in total. The van der Waals surface area contributed by atoms with E-state index in [9.17, 15) is 9.59 Å². The normalized spacial score (nSPS) is 15.8. The van der Waals surface area contributed by atoms with Crippen LogP contribution in [0.4, 0.5) is 0 Å². The highest BCUT2D eigenvalue weighted by molar-refractivity contribution is 6.18. The van der Waals surface area contributed by atoms with Gasteiger partial charge in [0, 0.05) is 36.8 Å². The molecule has 0 N–H and O–H groups in total. The van der Waals surface area contributed by atoms with E-state index in [2.05, 4.69) is 35.2 Å². The van der Waals surface area contributed by atoms with E-state index < -0.39 is 0 Å². The molecular formula is C27H24N2O3. The monoisotopic (exact) mass is 424 g/mol. The number of hydrogen-bond acceptors (Lipinski definition) is 4. The van der Waals surface area contributed by atoms with E-state index in [0.29, 0.717) is 12.0 Å². The van der Waals surface area contributed by atoms with Crippen molar-refractivity contribution in [3.8, 4) is 0 Å². The van der Waals surface area contributed by atoms with Gasteiger partial charge in [0.15, 0.2) is 0 Å². The molecule has 0 radical (unpaired) electrons. The Hall–Kier alpha value is -3.44. The summed E-state index contributed by atoms with van der Waals surface area (Å²) in [6, 6.07) is 18.4. The predicted molar refractivity (Wildman–Crippen MR) is 124 cm³/mol. The second-order valence-electron chi connectivity index (χ2n) is 8.80. The highest BCUT2D eigenvalue weighted by Gasteiger charge is 2.29. The molecule has 0 saturated carbocycles. The molecule has 3 aromatic carbocycles. The fraction of sp³-hybridized carbons (Fsp3) is 0.259. The summed E-state index contributed by atoms with van der Waals surface area (Å²) in [6.07, 6.45) is 2.28. The summed E-state index contributed by atoms with van der Waals surface area (Å²) in [6.45, 7) is 2.74. The van der Waals surface area contributed by atoms with Gasteiger partial charge in [0.05, 0.1) is 23.7 Å². The number of rotatable bonds is 3. The molecular weight excluding hydrogens is 400 g/mol. The number of carbonyl (C=O) groups is 2. The van der Waals surface area contributed by atoms with Crippen LogP contribution in [-0.2, 0) is 30.7 Å². The fourth-order valence-corrected chi connectivity index (χ4v) is 5.44. The molecule has 0 fully saturated rings. The lowest BCUT2D eigenvalue weighted by Gasteiger charge is -2.30. The Kier molecular flexibility index (Phi) is 4.40. The minimum Gasteiger partial charge on any atom is -0.465 e. The zero-order chi connectivity index (χ0) is 21.8. The smallest absolute Gasteiger partial charge is 0.337 e. The third kappa shape index (κ3) is 2.88. The first-order valence-corrected chi connectivity index (χ1v) is 11.1. The Morgan fingerprint density at radius 2 is 1.84 bits per heavy atom. The van der Waals surface area contributed by atoms with Crippen molar-refractivity contribution in [2.45, 2.75) is 32.4 Å². The molecule has 0 aliphatic carbocycles. The van der Waals surface area contributed by atoms with Crippen molar-refractivity contribution in [2.24, 2.45) is 0 Å². The van der Waals surface area contributed by atoms with E-state index >= 15 is 0 Å². The van der Waals surface area contributed by atoms with Gasteiger partial charge in [-0.05, 0) is 53.3 Å². The van der Waals surface area contributed by atoms with Gasteiger partial charge in [-0.1, -0.05) is 36.4 Å². The molecule has 1 aromatic heterocycles. The van der Waals surface area contributed by atoms with Crippen LogP contribution in [0.5, 0.6) is 0 Å². The summed E-state index contributed by atoms with van der Waals surface area (Å²) in [5, 5.41) is 2.10. The van der Waals surface area contributed by atoms with E-state index in [1.165, 1.54) is 29.4 Å². The molecule has 160 valence electrons. The molecule has 0 unspecified atom stereocenters. The van der Waals surface area contributed by atoms with Crippen LogP contribution in [-0.4, -0.2) is 35.0 Å². The van der Waals surface area contributed by atoms with Crippen molar-refractivity contribution in [1.29, 1.82) is 0 Å². The third-order valence-corrected chi connectivity index (χ3v) is 6.92. The molecule has 0 atom stereocenters. The zero-order valence-electron chi connectivity index (χ0n) is 18.1. The zero-order valence-corrected chi connectivity index (χ0v) is 18.1. The number of fused-ring (bicyclic) bond motifs is 5. The maximum absolute atomic E-state index is 13.0. The molecule has 2 aliphatic rings. The van der Waals surface area contributed by atoms with Gasteiger partial charge >= 0.3 is 5.97 Å². The van der Waals surface area contributed by atoms with Crippen LogP contribution in [0, 0.1) is 0 Å². The van der Waals surface area contributed by atoms with Gasteiger partial charge in [-0.2, -0.15) is 0 Å². The summed E-state index contributed by atoms with van der Waals surface area (Å²) in [7, 11) is 1.40. The quantitative estimate of drug-likeness (QED) is 0.447. The molecule has 0 spiro atoms.